The van der Waals surface area contributed by atoms with E-state index in [0.29, 0.717) is 12.0 Å². The molecule has 0 atom stereocenters. The van der Waals surface area contributed by atoms with Gasteiger partial charge in [-0.3, -0.25) is 0 Å². The quantitative estimate of drug-likeness (QED) is 0.105. The summed E-state index contributed by atoms with van der Waals surface area (Å²) in [5.74, 6) is 1.99. The van der Waals surface area contributed by atoms with Gasteiger partial charge in [-0.05, 0) is 78.2 Å². The standard InChI is InChI=1S/C31H26F4O/c1-2-3-4-17-36-26-14-9-21(10-15-26)5-6-23-8-13-24(28(32)19-23)12-7-22-11-16-27-25(18-22)20-29(33)31(35)30(27)34/h8-11,13-16,18-20H,2-6,17H2,1H3. The normalized spacial score (nSPS) is 10.8. The molecule has 0 unspecified atom stereocenters. The maximum absolute atomic E-state index is 14.6. The van der Waals surface area contributed by atoms with Crippen LogP contribution in [0.1, 0.15) is 48.4 Å². The van der Waals surface area contributed by atoms with Crippen LogP contribution in [0.25, 0.3) is 10.8 Å². The van der Waals surface area contributed by atoms with Crippen LogP contribution in [-0.2, 0) is 12.8 Å². The van der Waals surface area contributed by atoms with Gasteiger partial charge in [0.05, 0.1) is 12.2 Å². The Morgan fingerprint density at radius 2 is 1.44 bits per heavy atom. The fourth-order valence-electron chi connectivity index (χ4n) is 3.92. The van der Waals surface area contributed by atoms with Crippen LogP contribution in [0.2, 0.25) is 0 Å². The Labute approximate surface area is 208 Å². The lowest BCUT2D eigenvalue weighted by molar-refractivity contribution is 0.306. The van der Waals surface area contributed by atoms with Gasteiger partial charge in [0.2, 0.25) is 0 Å². The second kappa shape index (κ2) is 11.8. The number of halogens is 4. The van der Waals surface area contributed by atoms with E-state index in [0.717, 1.165) is 55.2 Å². The van der Waals surface area contributed by atoms with Gasteiger partial charge in [0.1, 0.15) is 11.6 Å². The molecule has 4 rings (SSSR count). The molecule has 4 aromatic rings. The Bertz CT molecular complexity index is 1410. The number of ether oxygens (including phenoxy) is 1. The van der Waals surface area contributed by atoms with Gasteiger partial charge in [0.25, 0.3) is 0 Å². The summed E-state index contributed by atoms with van der Waals surface area (Å²) in [6.07, 6.45) is 4.82. The highest BCUT2D eigenvalue weighted by molar-refractivity contribution is 5.84. The summed E-state index contributed by atoms with van der Waals surface area (Å²) in [5.41, 5.74) is 2.66. The van der Waals surface area contributed by atoms with E-state index in [9.17, 15) is 17.6 Å². The zero-order valence-electron chi connectivity index (χ0n) is 20.0. The monoisotopic (exact) mass is 490 g/mol. The highest BCUT2D eigenvalue weighted by Crippen LogP contribution is 2.24. The Morgan fingerprint density at radius 3 is 2.19 bits per heavy atom. The van der Waals surface area contributed by atoms with Crippen molar-refractivity contribution in [3.63, 3.8) is 0 Å². The third kappa shape index (κ3) is 6.26. The summed E-state index contributed by atoms with van der Waals surface area (Å²) >= 11 is 0. The maximum atomic E-state index is 14.6. The molecule has 0 aliphatic heterocycles. The summed E-state index contributed by atoms with van der Waals surface area (Å²) in [4.78, 5) is 0. The van der Waals surface area contributed by atoms with E-state index in [1.54, 1.807) is 6.07 Å². The van der Waals surface area contributed by atoms with Gasteiger partial charge in [-0.1, -0.05) is 55.9 Å². The topological polar surface area (TPSA) is 9.23 Å². The second-order valence-electron chi connectivity index (χ2n) is 8.69. The minimum absolute atomic E-state index is 0.0378. The summed E-state index contributed by atoms with van der Waals surface area (Å²) in [5, 5.41) is 0.147. The van der Waals surface area contributed by atoms with Crippen LogP contribution in [0.15, 0.2) is 66.7 Å². The van der Waals surface area contributed by atoms with Crippen molar-refractivity contribution in [1.29, 1.82) is 0 Å². The van der Waals surface area contributed by atoms with Crippen LogP contribution in [0.5, 0.6) is 5.75 Å². The summed E-state index contributed by atoms with van der Waals surface area (Å²) in [6.45, 7) is 2.88. The lowest BCUT2D eigenvalue weighted by atomic mass is 10.0. The first kappa shape index (κ1) is 25.3. The zero-order chi connectivity index (χ0) is 25.5. The molecule has 184 valence electrons. The van der Waals surface area contributed by atoms with Crippen LogP contribution >= 0.6 is 0 Å². The average molecular weight is 491 g/mol. The van der Waals surface area contributed by atoms with Crippen molar-refractivity contribution in [2.24, 2.45) is 0 Å². The van der Waals surface area contributed by atoms with Crippen LogP contribution in [-0.4, -0.2) is 6.61 Å². The highest BCUT2D eigenvalue weighted by Gasteiger charge is 2.13. The molecule has 36 heavy (non-hydrogen) atoms. The van der Waals surface area contributed by atoms with Gasteiger partial charge in [-0.25, -0.2) is 17.6 Å². The molecule has 5 heteroatoms. The van der Waals surface area contributed by atoms with E-state index < -0.39 is 23.3 Å². The lowest BCUT2D eigenvalue weighted by Crippen LogP contribution is -1.97. The van der Waals surface area contributed by atoms with Gasteiger partial charge in [-0.15, -0.1) is 0 Å². The predicted octanol–water partition coefficient (Wildman–Crippen LogP) is 8.15. The molecule has 1 nitrogen and oxygen atoms in total. The number of unbranched alkanes of at least 4 members (excludes halogenated alkanes) is 2. The smallest absolute Gasteiger partial charge is 0.195 e. The minimum atomic E-state index is -1.51. The van der Waals surface area contributed by atoms with Crippen molar-refractivity contribution >= 4 is 10.8 Å². The van der Waals surface area contributed by atoms with Gasteiger partial charge >= 0.3 is 0 Å². The first-order chi connectivity index (χ1) is 17.4. The fraction of sp³-hybridized carbons (Fsp3) is 0.226. The molecule has 0 radical (unpaired) electrons. The van der Waals surface area contributed by atoms with Gasteiger partial charge in [0.15, 0.2) is 17.5 Å². The van der Waals surface area contributed by atoms with Crippen molar-refractivity contribution in [2.45, 2.75) is 39.0 Å². The number of fused-ring (bicyclic) bond motifs is 1. The van der Waals surface area contributed by atoms with Crippen LogP contribution in [0.3, 0.4) is 0 Å². The van der Waals surface area contributed by atoms with Crippen LogP contribution in [0.4, 0.5) is 17.6 Å². The highest BCUT2D eigenvalue weighted by atomic mass is 19.2. The van der Waals surface area contributed by atoms with Crippen molar-refractivity contribution in [3.05, 3.63) is 112 Å². The second-order valence-corrected chi connectivity index (χ2v) is 8.69. The van der Waals surface area contributed by atoms with Crippen LogP contribution < -0.4 is 4.74 Å². The summed E-state index contributed by atoms with van der Waals surface area (Å²) in [7, 11) is 0. The van der Waals surface area contributed by atoms with E-state index in [1.165, 1.54) is 24.3 Å². The van der Waals surface area contributed by atoms with Crippen molar-refractivity contribution in [1.82, 2.24) is 0 Å². The van der Waals surface area contributed by atoms with Crippen molar-refractivity contribution in [3.8, 4) is 17.6 Å². The average Bonchev–Trinajstić information content (AvgIpc) is 2.88. The van der Waals surface area contributed by atoms with E-state index in [4.69, 9.17) is 4.74 Å². The predicted molar refractivity (Wildman–Crippen MR) is 135 cm³/mol. The molecule has 0 N–H and O–H groups in total. The van der Waals surface area contributed by atoms with E-state index in [2.05, 4.69) is 18.8 Å². The van der Waals surface area contributed by atoms with E-state index in [-0.39, 0.29) is 16.3 Å². The molecule has 0 aromatic heterocycles. The van der Waals surface area contributed by atoms with Crippen molar-refractivity contribution in [2.75, 3.05) is 6.61 Å². The number of benzene rings is 4. The Balaban J connectivity index is 1.38. The fourth-order valence-corrected chi connectivity index (χ4v) is 3.92. The van der Waals surface area contributed by atoms with Crippen molar-refractivity contribution < 1.29 is 22.3 Å². The molecular weight excluding hydrogens is 464 g/mol. The number of rotatable bonds is 8. The molecule has 0 heterocycles. The minimum Gasteiger partial charge on any atom is -0.494 e. The molecule has 0 bridgehead atoms. The molecular formula is C31H26F4O. The lowest BCUT2D eigenvalue weighted by Gasteiger charge is -2.07. The first-order valence-electron chi connectivity index (χ1n) is 12.0. The molecule has 0 saturated carbocycles. The first-order valence-corrected chi connectivity index (χ1v) is 12.0. The molecule has 0 amide bonds. The summed E-state index contributed by atoms with van der Waals surface area (Å²) in [6, 6.07) is 18.1. The van der Waals surface area contributed by atoms with Gasteiger partial charge in [-0.2, -0.15) is 0 Å². The largest absolute Gasteiger partial charge is 0.494 e. The number of hydrogen-bond acceptors (Lipinski definition) is 1. The summed E-state index contributed by atoms with van der Waals surface area (Å²) < 4.78 is 61.2. The Morgan fingerprint density at radius 1 is 0.694 bits per heavy atom. The molecule has 0 aliphatic carbocycles. The van der Waals surface area contributed by atoms with E-state index in [1.807, 2.05) is 30.3 Å². The third-order valence-electron chi connectivity index (χ3n) is 5.99. The van der Waals surface area contributed by atoms with Gasteiger partial charge < -0.3 is 4.74 Å². The molecule has 4 aromatic carbocycles. The number of hydrogen-bond donors (Lipinski definition) is 0. The van der Waals surface area contributed by atoms with Gasteiger partial charge in [0, 0.05) is 10.9 Å². The Hall–Kier alpha value is -3.78. The SMILES string of the molecule is CCCCCOc1ccc(CCc2ccc(C#Cc3ccc4c(F)c(F)c(F)cc4c3)c(F)c2)cc1. The molecule has 0 spiro atoms. The molecule has 0 saturated heterocycles. The third-order valence-corrected chi connectivity index (χ3v) is 5.99. The number of aryl methyl sites for hydroxylation is 2. The van der Waals surface area contributed by atoms with Crippen LogP contribution in [0, 0.1) is 35.1 Å². The maximum Gasteiger partial charge on any atom is 0.195 e. The zero-order valence-corrected chi connectivity index (χ0v) is 20.0. The Kier molecular flexibility index (Phi) is 8.28. The molecule has 0 aliphatic rings. The molecule has 0 fully saturated rings. The van der Waals surface area contributed by atoms with E-state index >= 15 is 0 Å².